The van der Waals surface area contributed by atoms with E-state index in [9.17, 15) is 10.1 Å². The van der Waals surface area contributed by atoms with E-state index in [1.54, 1.807) is 17.1 Å². The second-order valence-electron chi connectivity index (χ2n) is 5.72. The van der Waals surface area contributed by atoms with E-state index >= 15 is 0 Å². The van der Waals surface area contributed by atoms with Crippen molar-refractivity contribution >= 4 is 16.6 Å². The number of hydrogen-bond donors (Lipinski definition) is 0. The van der Waals surface area contributed by atoms with Crippen molar-refractivity contribution in [2.75, 3.05) is 0 Å². The summed E-state index contributed by atoms with van der Waals surface area (Å²) in [5.41, 5.74) is 2.42. The average Bonchev–Trinajstić information content (AvgIpc) is 3.29. The first-order valence-corrected chi connectivity index (χ1v) is 7.87. The molecule has 0 radical (unpaired) electrons. The lowest BCUT2D eigenvalue weighted by Gasteiger charge is -2.08. The number of benzene rings is 2. The highest BCUT2D eigenvalue weighted by Gasteiger charge is 2.18. The van der Waals surface area contributed by atoms with Gasteiger partial charge in [0.1, 0.15) is 12.7 Å². The van der Waals surface area contributed by atoms with E-state index in [0.29, 0.717) is 18.7 Å². The van der Waals surface area contributed by atoms with Crippen LogP contribution in [-0.4, -0.2) is 24.3 Å². The summed E-state index contributed by atoms with van der Waals surface area (Å²) in [6.45, 7) is 1.31. The first-order chi connectivity index (χ1) is 12.2. The van der Waals surface area contributed by atoms with Crippen molar-refractivity contribution in [3.63, 3.8) is 0 Å². The van der Waals surface area contributed by atoms with Crippen LogP contribution in [0.4, 0.5) is 5.69 Å². The Morgan fingerprint density at radius 3 is 2.64 bits per heavy atom. The Morgan fingerprint density at radius 2 is 1.92 bits per heavy atom. The van der Waals surface area contributed by atoms with Crippen molar-refractivity contribution < 1.29 is 4.92 Å². The Balaban J connectivity index is 1.77. The second kappa shape index (κ2) is 6.20. The van der Waals surface area contributed by atoms with Gasteiger partial charge in [0.05, 0.1) is 22.5 Å². The largest absolute Gasteiger partial charge is 0.345 e. The van der Waals surface area contributed by atoms with E-state index in [2.05, 4.69) is 10.1 Å². The monoisotopic (exact) mass is 333 g/mol. The van der Waals surface area contributed by atoms with Crippen LogP contribution in [0.15, 0.2) is 67.4 Å². The first kappa shape index (κ1) is 15.1. The Bertz CT molecular complexity index is 1020. The summed E-state index contributed by atoms with van der Waals surface area (Å²) in [5.74, 6) is 0. The van der Waals surface area contributed by atoms with Crippen molar-refractivity contribution in [3.8, 4) is 11.1 Å². The number of aromatic nitrogens is 4. The molecule has 7 nitrogen and oxygen atoms in total. The highest BCUT2D eigenvalue weighted by atomic mass is 16.6. The van der Waals surface area contributed by atoms with Crippen molar-refractivity contribution in [2.45, 2.75) is 13.1 Å². The molecule has 4 rings (SSSR count). The molecule has 0 aliphatic carbocycles. The van der Waals surface area contributed by atoms with Gasteiger partial charge in [0.2, 0.25) is 0 Å². The molecule has 0 bridgehead atoms. The molecular formula is C18H15N5O2. The van der Waals surface area contributed by atoms with Crippen LogP contribution < -0.4 is 0 Å². The van der Waals surface area contributed by atoms with Gasteiger partial charge in [-0.25, -0.2) is 4.98 Å². The zero-order valence-corrected chi connectivity index (χ0v) is 13.3. The topological polar surface area (TPSA) is 78.8 Å². The van der Waals surface area contributed by atoms with E-state index in [1.807, 2.05) is 53.2 Å². The fraction of sp³-hybridized carbons (Fsp3) is 0.111. The second-order valence-corrected chi connectivity index (χ2v) is 5.72. The van der Waals surface area contributed by atoms with Gasteiger partial charge >= 0.3 is 0 Å². The van der Waals surface area contributed by atoms with Crippen molar-refractivity contribution in [3.05, 3.63) is 77.5 Å². The maximum atomic E-state index is 11.6. The van der Waals surface area contributed by atoms with Crippen molar-refractivity contribution in [1.29, 1.82) is 0 Å². The molecule has 0 saturated carbocycles. The van der Waals surface area contributed by atoms with Crippen LogP contribution >= 0.6 is 0 Å². The Kier molecular flexibility index (Phi) is 3.74. The predicted molar refractivity (Wildman–Crippen MR) is 94.1 cm³/mol. The number of fused-ring (bicyclic) bond motifs is 1. The molecule has 7 heteroatoms. The highest BCUT2D eigenvalue weighted by Crippen LogP contribution is 2.34. The number of nitrogens with zero attached hydrogens (tertiary/aromatic N) is 5. The smallest absolute Gasteiger partial charge is 0.279 e. The number of aryl methyl sites for hydroxylation is 2. The zero-order chi connectivity index (χ0) is 17.2. The van der Waals surface area contributed by atoms with Gasteiger partial charge in [-0.2, -0.15) is 5.10 Å². The van der Waals surface area contributed by atoms with Gasteiger partial charge in [-0.3, -0.25) is 14.8 Å². The van der Waals surface area contributed by atoms with Crippen molar-refractivity contribution in [1.82, 2.24) is 19.3 Å². The van der Waals surface area contributed by atoms with E-state index in [4.69, 9.17) is 0 Å². The molecular weight excluding hydrogens is 318 g/mol. The van der Waals surface area contributed by atoms with Crippen molar-refractivity contribution in [2.24, 2.45) is 0 Å². The fourth-order valence-electron chi connectivity index (χ4n) is 2.98. The molecule has 0 saturated heterocycles. The van der Waals surface area contributed by atoms with Crippen LogP contribution in [-0.2, 0) is 13.1 Å². The average molecular weight is 333 g/mol. The quantitative estimate of drug-likeness (QED) is 0.413. The molecule has 0 aliphatic rings. The molecule has 124 valence electrons. The maximum Gasteiger partial charge on any atom is 0.279 e. The van der Waals surface area contributed by atoms with Gasteiger partial charge in [0.25, 0.3) is 5.69 Å². The molecule has 0 atom stereocenters. The summed E-state index contributed by atoms with van der Waals surface area (Å²) in [6, 6.07) is 14.9. The van der Waals surface area contributed by atoms with Gasteiger partial charge in [-0.05, 0) is 17.7 Å². The molecule has 0 N–H and O–H groups in total. The third-order valence-corrected chi connectivity index (χ3v) is 4.21. The summed E-state index contributed by atoms with van der Waals surface area (Å²) in [4.78, 5) is 15.2. The summed E-state index contributed by atoms with van der Waals surface area (Å²) in [7, 11) is 0. The van der Waals surface area contributed by atoms with Crippen LogP contribution in [0.3, 0.4) is 0 Å². The fourth-order valence-corrected chi connectivity index (χ4v) is 2.98. The van der Waals surface area contributed by atoms with E-state index < -0.39 is 0 Å². The normalized spacial score (nSPS) is 11.0. The molecule has 0 fully saturated rings. The third kappa shape index (κ3) is 2.87. The molecule has 2 aromatic carbocycles. The first-order valence-electron chi connectivity index (χ1n) is 7.87. The lowest BCUT2D eigenvalue weighted by atomic mass is 10.0. The summed E-state index contributed by atoms with van der Waals surface area (Å²) in [6.07, 6.45) is 5.09. The van der Waals surface area contributed by atoms with Gasteiger partial charge < -0.3 is 4.57 Å². The predicted octanol–water partition coefficient (Wildman–Crippen LogP) is 3.51. The van der Waals surface area contributed by atoms with Crippen LogP contribution in [0, 0.1) is 10.1 Å². The molecule has 0 spiro atoms. The molecule has 0 amide bonds. The molecule has 0 aliphatic heterocycles. The Hall–Kier alpha value is -3.48. The number of rotatable bonds is 5. The highest BCUT2D eigenvalue weighted by molar-refractivity contribution is 5.91. The lowest BCUT2D eigenvalue weighted by molar-refractivity contribution is -0.384. The minimum atomic E-state index is -0.323. The Morgan fingerprint density at radius 1 is 1.08 bits per heavy atom. The van der Waals surface area contributed by atoms with Gasteiger partial charge in [-0.1, -0.05) is 30.3 Å². The minimum Gasteiger partial charge on any atom is -0.345 e. The van der Waals surface area contributed by atoms with Crippen LogP contribution in [0.5, 0.6) is 0 Å². The molecule has 4 aromatic rings. The summed E-state index contributed by atoms with van der Waals surface area (Å²) >= 11 is 0. The molecule has 25 heavy (non-hydrogen) atoms. The van der Waals surface area contributed by atoms with E-state index in [1.165, 1.54) is 6.33 Å². The molecule has 2 aromatic heterocycles. The summed E-state index contributed by atoms with van der Waals surface area (Å²) < 4.78 is 3.73. The standard InChI is InChI=1S/C18H15N5O2/c24-23(25)18-11-17-15(10-16(18)14-4-2-1-3-5-14)6-7-21(17)8-9-22-13-19-12-20-22/h1-7,10-13H,8-9H2. The maximum absolute atomic E-state index is 11.6. The minimum absolute atomic E-state index is 0.111. The SMILES string of the molecule is O=[N+]([O-])c1cc2c(ccn2CCn2cncn2)cc1-c1ccccc1. The lowest BCUT2D eigenvalue weighted by Crippen LogP contribution is -2.07. The number of nitro groups is 1. The molecule has 2 heterocycles. The number of hydrogen-bond acceptors (Lipinski definition) is 4. The van der Waals surface area contributed by atoms with Crippen LogP contribution in [0.1, 0.15) is 0 Å². The van der Waals surface area contributed by atoms with E-state index in [0.717, 1.165) is 16.5 Å². The Labute approximate surface area is 143 Å². The van der Waals surface area contributed by atoms with Gasteiger partial charge in [-0.15, -0.1) is 0 Å². The summed E-state index contributed by atoms with van der Waals surface area (Å²) in [5, 5.41) is 16.6. The van der Waals surface area contributed by atoms with E-state index in [-0.39, 0.29) is 10.6 Å². The van der Waals surface area contributed by atoms with Crippen LogP contribution in [0.2, 0.25) is 0 Å². The third-order valence-electron chi connectivity index (χ3n) is 4.21. The molecule has 0 unspecified atom stereocenters. The zero-order valence-electron chi connectivity index (χ0n) is 13.3. The van der Waals surface area contributed by atoms with Crippen LogP contribution in [0.25, 0.3) is 22.0 Å². The van der Waals surface area contributed by atoms with Gasteiger partial charge in [0, 0.05) is 24.2 Å². The number of nitro benzene ring substituents is 1. The van der Waals surface area contributed by atoms with Gasteiger partial charge in [0.15, 0.2) is 0 Å².